The molecule has 132 valence electrons. The van der Waals surface area contributed by atoms with Crippen molar-refractivity contribution in [2.24, 2.45) is 11.3 Å². The maximum atomic E-state index is 11.2. The van der Waals surface area contributed by atoms with Crippen molar-refractivity contribution in [3.63, 3.8) is 0 Å². The van der Waals surface area contributed by atoms with Gasteiger partial charge in [0, 0.05) is 11.4 Å². The van der Waals surface area contributed by atoms with E-state index in [4.69, 9.17) is 4.74 Å². The molecule has 0 saturated carbocycles. The third-order valence-electron chi connectivity index (χ3n) is 3.43. The zero-order chi connectivity index (χ0) is 17.4. The molecule has 1 atom stereocenters. The lowest BCUT2D eigenvalue weighted by Crippen LogP contribution is -2.32. The molecule has 0 aromatic carbocycles. The summed E-state index contributed by atoms with van der Waals surface area (Å²) in [5.74, 6) is 0.666. The molecule has 5 heteroatoms. The molecular weight excluding hydrogens is 300 g/mol. The molecule has 0 aromatic rings. The largest absolute Gasteiger partial charge is 0.481 e. The van der Waals surface area contributed by atoms with Gasteiger partial charge in [-0.1, -0.05) is 27.7 Å². The maximum absolute atomic E-state index is 11.2. The molecule has 0 saturated heterocycles. The highest BCUT2D eigenvalue weighted by Gasteiger charge is 2.34. The van der Waals surface area contributed by atoms with Gasteiger partial charge >= 0.3 is 5.97 Å². The Morgan fingerprint density at radius 1 is 1.23 bits per heavy atom. The van der Waals surface area contributed by atoms with Crippen LogP contribution in [-0.2, 0) is 9.53 Å². The molecule has 0 spiro atoms. The molecule has 0 heterocycles. The maximum Gasteiger partial charge on any atom is 0.309 e. The summed E-state index contributed by atoms with van der Waals surface area (Å²) in [6.45, 7) is 12.9. The highest BCUT2D eigenvalue weighted by Crippen LogP contribution is 2.37. The summed E-state index contributed by atoms with van der Waals surface area (Å²) in [6.07, 6.45) is 1.94. The average molecular weight is 335 g/mol. The standard InChI is InChI=1S/C17H34O4S/c1-13(2)10-14(18)11-21-8-7-9-22-17(5,6)12-16(3,4)15(19)20/h13-14,18H,7-12H2,1-6H3,(H,19,20). The predicted octanol–water partition coefficient (Wildman–Crippen LogP) is 3.81. The number of aliphatic hydroxyl groups excluding tert-OH is 1. The van der Waals surface area contributed by atoms with Crippen LogP contribution in [0.5, 0.6) is 0 Å². The van der Waals surface area contributed by atoms with E-state index < -0.39 is 11.4 Å². The SMILES string of the molecule is CC(C)CC(O)COCCCSC(C)(C)CC(C)(C)C(=O)O. The number of carboxylic acid groups (broad SMARTS) is 1. The molecule has 0 aliphatic rings. The second kappa shape index (κ2) is 9.78. The number of rotatable bonds is 12. The van der Waals surface area contributed by atoms with Crippen LogP contribution in [-0.4, -0.2) is 46.0 Å². The first-order valence-electron chi connectivity index (χ1n) is 8.09. The molecular formula is C17H34O4S. The first-order chi connectivity index (χ1) is 9.96. The lowest BCUT2D eigenvalue weighted by Gasteiger charge is -2.31. The highest BCUT2D eigenvalue weighted by atomic mass is 32.2. The van der Waals surface area contributed by atoms with Crippen molar-refractivity contribution in [3.8, 4) is 0 Å². The third-order valence-corrected chi connectivity index (χ3v) is 4.84. The number of hydrogen-bond donors (Lipinski definition) is 2. The van der Waals surface area contributed by atoms with Crippen LogP contribution in [0.1, 0.15) is 60.8 Å². The van der Waals surface area contributed by atoms with Gasteiger partial charge in [0.25, 0.3) is 0 Å². The van der Waals surface area contributed by atoms with E-state index in [9.17, 15) is 15.0 Å². The molecule has 0 radical (unpaired) electrons. The minimum Gasteiger partial charge on any atom is -0.481 e. The van der Waals surface area contributed by atoms with E-state index in [1.165, 1.54) is 0 Å². The monoisotopic (exact) mass is 334 g/mol. The molecule has 4 nitrogen and oxygen atoms in total. The van der Waals surface area contributed by atoms with E-state index in [-0.39, 0.29) is 10.9 Å². The van der Waals surface area contributed by atoms with Crippen LogP contribution in [0.3, 0.4) is 0 Å². The highest BCUT2D eigenvalue weighted by molar-refractivity contribution is 8.00. The topological polar surface area (TPSA) is 66.8 Å². The normalized spacial score (nSPS) is 14.4. The zero-order valence-electron chi connectivity index (χ0n) is 15.0. The summed E-state index contributed by atoms with van der Waals surface area (Å²) >= 11 is 1.79. The van der Waals surface area contributed by atoms with Gasteiger partial charge in [-0.25, -0.2) is 0 Å². The molecule has 1 unspecified atom stereocenters. The van der Waals surface area contributed by atoms with Crippen LogP contribution >= 0.6 is 11.8 Å². The Morgan fingerprint density at radius 3 is 2.32 bits per heavy atom. The van der Waals surface area contributed by atoms with Gasteiger partial charge in [-0.3, -0.25) is 4.79 Å². The molecule has 0 aliphatic carbocycles. The van der Waals surface area contributed by atoms with Crippen molar-refractivity contribution in [1.29, 1.82) is 0 Å². The van der Waals surface area contributed by atoms with Crippen molar-refractivity contribution >= 4 is 17.7 Å². The van der Waals surface area contributed by atoms with Crippen molar-refractivity contribution in [3.05, 3.63) is 0 Å². The summed E-state index contributed by atoms with van der Waals surface area (Å²) in [7, 11) is 0. The van der Waals surface area contributed by atoms with Crippen LogP contribution in [0.2, 0.25) is 0 Å². The Kier molecular flexibility index (Phi) is 9.67. The summed E-state index contributed by atoms with van der Waals surface area (Å²) in [6, 6.07) is 0. The second-order valence-corrected chi connectivity index (χ2v) is 9.49. The second-order valence-electron chi connectivity index (χ2n) is 7.69. The van der Waals surface area contributed by atoms with Gasteiger partial charge in [-0.2, -0.15) is 11.8 Å². The molecule has 0 amide bonds. The van der Waals surface area contributed by atoms with E-state index in [0.717, 1.165) is 18.6 Å². The number of ether oxygens (including phenoxy) is 1. The minimum atomic E-state index is -0.747. The van der Waals surface area contributed by atoms with Crippen molar-refractivity contribution in [2.75, 3.05) is 19.0 Å². The lowest BCUT2D eigenvalue weighted by atomic mass is 9.84. The van der Waals surface area contributed by atoms with Gasteiger partial charge < -0.3 is 14.9 Å². The van der Waals surface area contributed by atoms with Crippen molar-refractivity contribution in [2.45, 2.75) is 71.7 Å². The molecule has 22 heavy (non-hydrogen) atoms. The number of carbonyl (C=O) groups is 1. The van der Waals surface area contributed by atoms with E-state index >= 15 is 0 Å². The fourth-order valence-electron chi connectivity index (χ4n) is 2.53. The number of aliphatic carboxylic acids is 1. The van der Waals surface area contributed by atoms with Crippen LogP contribution < -0.4 is 0 Å². The van der Waals surface area contributed by atoms with Gasteiger partial charge in [-0.15, -0.1) is 0 Å². The van der Waals surface area contributed by atoms with E-state index in [0.29, 0.717) is 25.6 Å². The van der Waals surface area contributed by atoms with Gasteiger partial charge in [0.15, 0.2) is 0 Å². The quantitative estimate of drug-likeness (QED) is 0.531. The fourth-order valence-corrected chi connectivity index (χ4v) is 3.81. The van der Waals surface area contributed by atoms with Gasteiger partial charge in [0.05, 0.1) is 18.1 Å². The van der Waals surface area contributed by atoms with Crippen LogP contribution in [0.4, 0.5) is 0 Å². The van der Waals surface area contributed by atoms with Crippen LogP contribution in [0.15, 0.2) is 0 Å². The molecule has 0 bridgehead atoms. The summed E-state index contributed by atoms with van der Waals surface area (Å²) in [4.78, 5) is 11.2. The Balaban J connectivity index is 3.84. The number of carboxylic acids is 1. The Morgan fingerprint density at radius 2 is 1.82 bits per heavy atom. The summed E-state index contributed by atoms with van der Waals surface area (Å²) in [5.41, 5.74) is -0.700. The van der Waals surface area contributed by atoms with Gasteiger partial charge in [0.1, 0.15) is 0 Å². The minimum absolute atomic E-state index is 0.0704. The van der Waals surface area contributed by atoms with Gasteiger partial charge in [0.2, 0.25) is 0 Å². The first-order valence-corrected chi connectivity index (χ1v) is 9.08. The molecule has 0 aromatic heterocycles. The summed E-state index contributed by atoms with van der Waals surface area (Å²) < 4.78 is 5.42. The molecule has 0 rings (SSSR count). The molecule has 0 aliphatic heterocycles. The first kappa shape index (κ1) is 21.7. The fraction of sp³-hybridized carbons (Fsp3) is 0.941. The summed E-state index contributed by atoms with van der Waals surface area (Å²) in [5, 5.41) is 18.9. The Bertz CT molecular complexity index is 327. The third kappa shape index (κ3) is 10.5. The van der Waals surface area contributed by atoms with Crippen LogP contribution in [0.25, 0.3) is 0 Å². The Labute approximate surface area is 140 Å². The van der Waals surface area contributed by atoms with E-state index in [1.54, 1.807) is 25.6 Å². The van der Waals surface area contributed by atoms with E-state index in [1.807, 2.05) is 0 Å². The smallest absolute Gasteiger partial charge is 0.309 e. The lowest BCUT2D eigenvalue weighted by molar-refractivity contribution is -0.147. The van der Waals surface area contributed by atoms with Gasteiger partial charge in [-0.05, 0) is 44.8 Å². The van der Waals surface area contributed by atoms with Crippen molar-refractivity contribution < 1.29 is 19.7 Å². The molecule has 2 N–H and O–H groups in total. The Hall–Kier alpha value is -0.260. The predicted molar refractivity (Wildman–Crippen MR) is 93.5 cm³/mol. The number of thioether (sulfide) groups is 1. The van der Waals surface area contributed by atoms with E-state index in [2.05, 4.69) is 27.7 Å². The van der Waals surface area contributed by atoms with Crippen LogP contribution in [0, 0.1) is 11.3 Å². The number of hydrogen-bond acceptors (Lipinski definition) is 4. The molecule has 0 fully saturated rings. The zero-order valence-corrected chi connectivity index (χ0v) is 15.8. The van der Waals surface area contributed by atoms with Crippen molar-refractivity contribution in [1.82, 2.24) is 0 Å². The number of aliphatic hydroxyl groups is 1. The average Bonchev–Trinajstić information content (AvgIpc) is 2.31.